The van der Waals surface area contributed by atoms with E-state index in [0.717, 1.165) is 41.2 Å². The molecule has 0 saturated carbocycles. The van der Waals surface area contributed by atoms with Crippen LogP contribution in [-0.2, 0) is 4.79 Å². The number of carbonyl (C=O) groups is 1. The molecule has 33 heavy (non-hydrogen) atoms. The van der Waals surface area contributed by atoms with Crippen LogP contribution >= 0.6 is 11.3 Å². The molecule has 0 bridgehead atoms. The van der Waals surface area contributed by atoms with Crippen molar-refractivity contribution in [1.29, 1.82) is 0 Å². The van der Waals surface area contributed by atoms with Crippen molar-refractivity contribution in [3.8, 4) is 17.2 Å². The van der Waals surface area contributed by atoms with Gasteiger partial charge in [0, 0.05) is 37.2 Å². The van der Waals surface area contributed by atoms with E-state index in [1.54, 1.807) is 37.7 Å². The summed E-state index contributed by atoms with van der Waals surface area (Å²) in [4.78, 5) is 20.4. The van der Waals surface area contributed by atoms with Crippen molar-refractivity contribution >= 4 is 27.5 Å². The summed E-state index contributed by atoms with van der Waals surface area (Å²) in [6.45, 7) is 6.00. The molecule has 3 atom stereocenters. The van der Waals surface area contributed by atoms with Crippen molar-refractivity contribution in [3.05, 3.63) is 47.0 Å². The molecule has 1 N–H and O–H groups in total. The van der Waals surface area contributed by atoms with Gasteiger partial charge in [-0.2, -0.15) is 0 Å². The lowest BCUT2D eigenvalue weighted by molar-refractivity contribution is -0.131. The average molecular weight is 469 g/mol. The largest absolute Gasteiger partial charge is 0.507 e. The van der Waals surface area contributed by atoms with Crippen LogP contribution in [0.1, 0.15) is 49.6 Å². The molecule has 1 aliphatic heterocycles. The molecule has 2 aromatic carbocycles. The molecule has 1 saturated heterocycles. The van der Waals surface area contributed by atoms with Gasteiger partial charge in [0.15, 0.2) is 0 Å². The summed E-state index contributed by atoms with van der Waals surface area (Å²) < 4.78 is 12.0. The molecule has 3 unspecified atom stereocenters. The molecule has 7 heteroatoms. The summed E-state index contributed by atoms with van der Waals surface area (Å²) in [7, 11) is 3.11. The third-order valence-electron chi connectivity index (χ3n) is 6.47. The first-order chi connectivity index (χ1) is 15.9. The number of methoxy groups -OCH3 is 2. The van der Waals surface area contributed by atoms with Crippen LogP contribution in [0.2, 0.25) is 0 Å². The number of aromatic nitrogens is 1. The van der Waals surface area contributed by atoms with Gasteiger partial charge in [0.2, 0.25) is 5.91 Å². The number of ether oxygens (including phenoxy) is 2. The maximum Gasteiger partial charge on any atom is 0.223 e. The Bertz CT molecular complexity index is 1100. The van der Waals surface area contributed by atoms with E-state index in [4.69, 9.17) is 14.5 Å². The molecule has 2 heterocycles. The minimum Gasteiger partial charge on any atom is -0.507 e. The summed E-state index contributed by atoms with van der Waals surface area (Å²) in [5.74, 6) is 1.77. The van der Waals surface area contributed by atoms with Crippen molar-refractivity contribution in [2.45, 2.75) is 39.0 Å². The lowest BCUT2D eigenvalue weighted by atomic mass is 9.93. The summed E-state index contributed by atoms with van der Waals surface area (Å²) in [6, 6.07) is 11.2. The number of fused-ring (bicyclic) bond motifs is 1. The monoisotopic (exact) mass is 468 g/mol. The fraction of sp³-hybridized carbons (Fsp3) is 0.462. The number of rotatable bonds is 6. The van der Waals surface area contributed by atoms with E-state index in [2.05, 4.69) is 13.8 Å². The zero-order valence-electron chi connectivity index (χ0n) is 19.7. The second-order valence-electron chi connectivity index (χ2n) is 9.11. The van der Waals surface area contributed by atoms with Gasteiger partial charge in [0.1, 0.15) is 22.3 Å². The van der Waals surface area contributed by atoms with Crippen LogP contribution < -0.4 is 9.47 Å². The number of aromatic hydroxyl groups is 1. The van der Waals surface area contributed by atoms with Crippen LogP contribution in [0.4, 0.5) is 0 Å². The number of amides is 1. The summed E-state index contributed by atoms with van der Waals surface area (Å²) in [6.07, 6.45) is 2.37. The predicted octanol–water partition coefficient (Wildman–Crippen LogP) is 5.44. The zero-order valence-corrected chi connectivity index (χ0v) is 20.5. The highest BCUT2D eigenvalue weighted by atomic mass is 32.1. The van der Waals surface area contributed by atoms with Gasteiger partial charge in [-0.3, -0.25) is 4.79 Å². The normalized spacial score (nSPS) is 19.8. The standard InChI is InChI=1S/C26H32N2O4S/c1-16-9-10-28(15-17(2)11-16)24(30)14-19(26-27-20-7-5-6-8-23(20)33-26)25-21(29)12-18(31-3)13-22(25)32-4/h5-8,12-13,16-17,19,29H,9-11,14-15H2,1-4H3. The fourth-order valence-corrected chi connectivity index (χ4v) is 5.91. The van der Waals surface area contributed by atoms with Crippen LogP contribution in [0.25, 0.3) is 10.2 Å². The van der Waals surface area contributed by atoms with Crippen LogP contribution in [0.15, 0.2) is 36.4 Å². The van der Waals surface area contributed by atoms with E-state index in [1.165, 1.54) is 0 Å². The minimum atomic E-state index is -0.424. The number of hydrogen-bond acceptors (Lipinski definition) is 6. The Morgan fingerprint density at radius 1 is 1.21 bits per heavy atom. The maximum absolute atomic E-state index is 13.6. The molecule has 0 spiro atoms. The van der Waals surface area contributed by atoms with Crippen molar-refractivity contribution in [1.82, 2.24) is 9.88 Å². The molecule has 3 aromatic rings. The van der Waals surface area contributed by atoms with Gasteiger partial charge >= 0.3 is 0 Å². The third kappa shape index (κ3) is 5.08. The Kier molecular flexibility index (Phi) is 7.08. The van der Waals surface area contributed by atoms with Crippen LogP contribution in [0.3, 0.4) is 0 Å². The highest BCUT2D eigenvalue weighted by Gasteiger charge is 2.31. The van der Waals surface area contributed by atoms with E-state index in [0.29, 0.717) is 28.9 Å². The van der Waals surface area contributed by atoms with Crippen LogP contribution in [0, 0.1) is 11.8 Å². The van der Waals surface area contributed by atoms with Gasteiger partial charge in [-0.05, 0) is 36.8 Å². The maximum atomic E-state index is 13.6. The van der Waals surface area contributed by atoms with Crippen molar-refractivity contribution in [2.24, 2.45) is 11.8 Å². The Hall–Kier alpha value is -2.80. The second-order valence-corrected chi connectivity index (χ2v) is 10.2. The molecule has 176 valence electrons. The first kappa shape index (κ1) is 23.4. The van der Waals surface area contributed by atoms with Gasteiger partial charge in [-0.15, -0.1) is 11.3 Å². The first-order valence-corrected chi connectivity index (χ1v) is 12.3. The average Bonchev–Trinajstić information content (AvgIpc) is 3.15. The molecule has 1 aliphatic rings. The Morgan fingerprint density at radius 3 is 2.73 bits per heavy atom. The summed E-state index contributed by atoms with van der Waals surface area (Å²) in [5.41, 5.74) is 1.46. The molecule has 1 fully saturated rings. The van der Waals surface area contributed by atoms with Crippen LogP contribution in [0.5, 0.6) is 17.2 Å². The number of phenols is 1. The lowest BCUT2D eigenvalue weighted by Crippen LogP contribution is -2.35. The van der Waals surface area contributed by atoms with Gasteiger partial charge in [0.05, 0.1) is 30.4 Å². The number of benzene rings is 2. The predicted molar refractivity (Wildman–Crippen MR) is 131 cm³/mol. The molecular weight excluding hydrogens is 436 g/mol. The smallest absolute Gasteiger partial charge is 0.223 e. The topological polar surface area (TPSA) is 71.9 Å². The number of phenolic OH excluding ortho intramolecular Hbond substituents is 1. The van der Waals surface area contributed by atoms with E-state index in [1.807, 2.05) is 29.2 Å². The fourth-order valence-electron chi connectivity index (χ4n) is 4.83. The number of nitrogens with zero attached hydrogens (tertiary/aromatic N) is 2. The highest BCUT2D eigenvalue weighted by molar-refractivity contribution is 7.18. The van der Waals surface area contributed by atoms with Crippen molar-refractivity contribution in [2.75, 3.05) is 27.3 Å². The Labute approximate surface area is 199 Å². The molecule has 6 nitrogen and oxygen atoms in total. The second kappa shape index (κ2) is 10.00. The van der Waals surface area contributed by atoms with E-state index >= 15 is 0 Å². The number of carbonyl (C=O) groups excluding carboxylic acids is 1. The number of thiazole rings is 1. The van der Waals surface area contributed by atoms with Gasteiger partial charge in [0.25, 0.3) is 0 Å². The first-order valence-electron chi connectivity index (χ1n) is 11.5. The SMILES string of the molecule is COc1cc(O)c(C(CC(=O)N2CCC(C)CC(C)C2)c2nc3ccccc3s2)c(OC)c1. The third-order valence-corrected chi connectivity index (χ3v) is 7.62. The molecule has 1 aromatic heterocycles. The van der Waals surface area contributed by atoms with Crippen molar-refractivity contribution in [3.63, 3.8) is 0 Å². The van der Waals surface area contributed by atoms with Gasteiger partial charge < -0.3 is 19.5 Å². The molecule has 0 radical (unpaired) electrons. The van der Waals surface area contributed by atoms with Gasteiger partial charge in [-0.1, -0.05) is 26.0 Å². The van der Waals surface area contributed by atoms with Gasteiger partial charge in [-0.25, -0.2) is 4.98 Å². The Morgan fingerprint density at radius 2 is 2.00 bits per heavy atom. The van der Waals surface area contributed by atoms with Crippen molar-refractivity contribution < 1.29 is 19.4 Å². The van der Waals surface area contributed by atoms with E-state index in [-0.39, 0.29) is 18.1 Å². The lowest BCUT2D eigenvalue weighted by Gasteiger charge is -2.26. The minimum absolute atomic E-state index is 0.0427. The van der Waals surface area contributed by atoms with Crippen LogP contribution in [-0.4, -0.2) is 48.2 Å². The zero-order chi connectivity index (χ0) is 23.5. The Balaban J connectivity index is 1.75. The quantitative estimate of drug-likeness (QED) is 0.522. The number of likely N-dealkylation sites (tertiary alicyclic amines) is 1. The summed E-state index contributed by atoms with van der Waals surface area (Å²) in [5, 5.41) is 11.8. The number of hydrogen-bond donors (Lipinski definition) is 1. The van der Waals surface area contributed by atoms with E-state index in [9.17, 15) is 9.90 Å². The molecule has 1 amide bonds. The summed E-state index contributed by atoms with van der Waals surface area (Å²) >= 11 is 1.55. The molecular formula is C26H32N2O4S. The molecule has 0 aliphatic carbocycles. The molecule has 4 rings (SSSR count). The highest BCUT2D eigenvalue weighted by Crippen LogP contribution is 2.45. The van der Waals surface area contributed by atoms with E-state index < -0.39 is 5.92 Å². The number of para-hydroxylation sites is 1.